The average molecular weight is 414 g/mol. The van der Waals surface area contributed by atoms with Crippen molar-refractivity contribution in [3.63, 3.8) is 0 Å². The van der Waals surface area contributed by atoms with Crippen LogP contribution in [0.2, 0.25) is 0 Å². The van der Waals surface area contributed by atoms with Crippen LogP contribution in [0.25, 0.3) is 0 Å². The van der Waals surface area contributed by atoms with E-state index in [4.69, 9.17) is 5.11 Å². The van der Waals surface area contributed by atoms with Crippen molar-refractivity contribution in [2.75, 3.05) is 20.7 Å². The van der Waals surface area contributed by atoms with Crippen LogP contribution in [0.4, 0.5) is 13.2 Å². The molecule has 0 radical (unpaired) electrons. The summed E-state index contributed by atoms with van der Waals surface area (Å²) in [5, 5.41) is 6.90. The second-order valence-corrected chi connectivity index (χ2v) is 0.387. The first-order valence-electron chi connectivity index (χ1n) is 1.94. The third-order valence-corrected chi connectivity index (χ3v) is 0. The third-order valence-electron chi connectivity index (χ3n) is 0. The Morgan fingerprint density at radius 2 is 1.20 bits per heavy atom. The van der Waals surface area contributed by atoms with Gasteiger partial charge in [-0.25, -0.2) is 4.39 Å². The van der Waals surface area contributed by atoms with Crippen molar-refractivity contribution in [3.8, 4) is 0 Å². The van der Waals surface area contributed by atoms with Crippen LogP contribution in [0, 0.1) is 7.43 Å². The summed E-state index contributed by atoms with van der Waals surface area (Å²) in [5.41, 5.74) is 0. The molecule has 1 nitrogen and oxygen atoms in total. The van der Waals surface area contributed by atoms with E-state index in [9.17, 15) is 13.2 Å². The monoisotopic (exact) mass is 414 g/mol. The molecule has 1 N–H and O–H groups in total. The number of aliphatic hydroxyl groups excluding tert-OH is 1. The fraction of sp³-hybridized carbons (Fsp3) is 0.800. The second-order valence-electron chi connectivity index (χ2n) is 0.387. The molecule has 0 rings (SSSR count). The molecule has 0 aliphatic carbocycles. The van der Waals surface area contributed by atoms with Crippen LogP contribution >= 0.6 is 0 Å². The molecular weight excluding hydrogens is 400 g/mol. The van der Waals surface area contributed by atoms with Gasteiger partial charge in [-0.15, -0.1) is 0 Å². The Labute approximate surface area is 54.5 Å². The number of hydrogen-bond acceptors (Lipinski definition) is 1. The SMILES string of the molecule is CCF.CF.OCF.[CH3-].[Rf]. The summed E-state index contributed by atoms with van der Waals surface area (Å²) in [6, 6.07) is 0. The van der Waals surface area contributed by atoms with Crippen LogP contribution in [-0.4, -0.2) is 25.8 Å². The Bertz CT molecular complexity index is 18.9. The molecule has 64 valence electrons. The fourth-order valence-corrected chi connectivity index (χ4v) is 0. The molecule has 0 aliphatic heterocycles. The number of rotatable bonds is 0. The maximum Gasteiger partial charge on any atom is 0.185 e. The molecule has 0 spiro atoms. The number of alkyl halides is 3. The molecule has 0 amide bonds. The van der Waals surface area contributed by atoms with Crippen molar-refractivity contribution in [3.05, 3.63) is 7.43 Å². The largest absolute Gasteiger partial charge is 0.366 e. The van der Waals surface area contributed by atoms with Crippen molar-refractivity contribution in [1.82, 2.24) is 0 Å². The maximum atomic E-state index is 10.3. The topological polar surface area (TPSA) is 20.2 Å². The van der Waals surface area contributed by atoms with Gasteiger partial charge in [0.25, 0.3) is 0 Å². The van der Waals surface area contributed by atoms with Crippen molar-refractivity contribution in [2.24, 2.45) is 0 Å². The van der Waals surface area contributed by atoms with Crippen molar-refractivity contribution < 1.29 is 18.3 Å². The van der Waals surface area contributed by atoms with Gasteiger partial charge in [-0.2, -0.15) is 0 Å². The number of aliphatic hydroxyl groups is 1. The molecule has 10 heavy (non-hydrogen) atoms. The summed E-state index contributed by atoms with van der Waals surface area (Å²) >= 11 is 0. The van der Waals surface area contributed by atoms with E-state index in [-0.39, 0.29) is 14.1 Å². The van der Waals surface area contributed by atoms with E-state index in [2.05, 4.69) is 0 Å². The minimum absolute atomic E-state index is 0. The predicted molar refractivity (Wildman–Crippen MR) is 33.3 cm³/mol. The van der Waals surface area contributed by atoms with E-state index in [1.165, 1.54) is 6.92 Å². The van der Waals surface area contributed by atoms with E-state index in [1.54, 1.807) is 0 Å². The van der Waals surface area contributed by atoms with Crippen LogP contribution in [0.5, 0.6) is 0 Å². The minimum atomic E-state index is -1.25. The summed E-state index contributed by atoms with van der Waals surface area (Å²) in [6.07, 6.45) is 0. The predicted octanol–water partition coefficient (Wildman–Crippen LogP) is 1.92. The standard InChI is InChI=1S/C2H5F.CH3FO.CH3F.CH3.Rf/c1-2-3;2-1-3;1-2;;/h2H2,1H3;3H,1H2;1H3;1H3;/q;;;-1;. The molecule has 5 heteroatoms. The quantitative estimate of drug-likeness (QED) is 0.601. The first kappa shape index (κ1) is 37.4. The molecule has 0 bridgehead atoms. The Morgan fingerprint density at radius 1 is 1.20 bits per heavy atom. The molecule has 0 fully saturated rings. The van der Waals surface area contributed by atoms with E-state index in [0.29, 0.717) is 7.18 Å². The van der Waals surface area contributed by atoms with Gasteiger partial charge in [0, 0.05) is 0 Å². The van der Waals surface area contributed by atoms with E-state index in [1.807, 2.05) is 0 Å². The van der Waals surface area contributed by atoms with Crippen molar-refractivity contribution in [2.45, 2.75) is 6.92 Å². The van der Waals surface area contributed by atoms with Crippen LogP contribution in [0.3, 0.4) is 0 Å². The summed E-state index contributed by atoms with van der Waals surface area (Å²) in [5.74, 6) is 0. The van der Waals surface area contributed by atoms with Crippen molar-refractivity contribution >= 4 is 0 Å². The normalized spacial score (nSPS) is 4.20. The molecular formula is C5H14F3ORf-. The molecule has 0 aromatic heterocycles. The summed E-state index contributed by atoms with van der Waals surface area (Å²) in [6.45, 7) is -0.0417. The first-order valence-corrected chi connectivity index (χ1v) is 1.94. The fourth-order valence-electron chi connectivity index (χ4n) is 0. The summed E-state index contributed by atoms with van der Waals surface area (Å²) < 4.78 is 29.6. The Kier molecular flexibility index (Phi) is 2350. The second kappa shape index (κ2) is 628. The van der Waals surface area contributed by atoms with E-state index < -0.39 is 6.86 Å². The smallest absolute Gasteiger partial charge is 0.185 e. The van der Waals surface area contributed by atoms with Crippen LogP contribution in [0.15, 0.2) is 0 Å². The Balaban J connectivity index is -0.0000000116. The number of hydrogen-bond donors (Lipinski definition) is 1. The zero-order valence-electron chi connectivity index (χ0n) is 6.70. The minimum Gasteiger partial charge on any atom is -0.366 e. The first-order chi connectivity index (χ1) is 3.83. The zero-order valence-corrected chi connectivity index (χ0v) is 13.1. The molecule has 0 aromatic rings. The molecule has 0 aliphatic rings. The van der Waals surface area contributed by atoms with Crippen LogP contribution in [0.1, 0.15) is 6.92 Å². The van der Waals surface area contributed by atoms with Crippen LogP contribution < -0.4 is 0 Å². The summed E-state index contributed by atoms with van der Waals surface area (Å²) in [7, 11) is 0.500. The van der Waals surface area contributed by atoms with Gasteiger partial charge in [-0.3, -0.25) is 8.78 Å². The van der Waals surface area contributed by atoms with Gasteiger partial charge in [0.15, 0.2) is 6.86 Å². The van der Waals surface area contributed by atoms with Crippen molar-refractivity contribution in [1.29, 1.82) is 0 Å². The Morgan fingerprint density at radius 3 is 1.20 bits per heavy atom. The van der Waals surface area contributed by atoms with E-state index >= 15 is 0 Å². The van der Waals surface area contributed by atoms with Crippen LogP contribution in [-0.2, 0) is 0 Å². The van der Waals surface area contributed by atoms with Gasteiger partial charge < -0.3 is 12.5 Å². The van der Waals surface area contributed by atoms with Gasteiger partial charge in [0.2, 0.25) is 0 Å². The molecule has 0 heterocycles. The van der Waals surface area contributed by atoms with E-state index in [0.717, 1.165) is 0 Å². The summed E-state index contributed by atoms with van der Waals surface area (Å²) in [4.78, 5) is 0. The molecule has 0 aromatic carbocycles. The van der Waals surface area contributed by atoms with Gasteiger partial charge in [0.05, 0.1) is 13.9 Å². The molecule has 0 saturated carbocycles. The molecule has 0 unspecified atom stereocenters. The van der Waals surface area contributed by atoms with Gasteiger partial charge in [-0.1, -0.05) is 0 Å². The average Bonchev–Trinajstić information content (AvgIpc) is 1.75. The zero-order chi connectivity index (χ0) is 7.41. The third kappa shape index (κ3) is 143. The Hall–Kier alpha value is -1.25. The molecule has 0 atom stereocenters. The molecule has 0 saturated heterocycles. The van der Waals surface area contributed by atoms with Gasteiger partial charge in [0.1, 0.15) is 0 Å². The van der Waals surface area contributed by atoms with Gasteiger partial charge >= 0.3 is 0 Å². The number of halogens is 3. The maximum absolute atomic E-state index is 10.3. The van der Waals surface area contributed by atoms with Gasteiger partial charge in [-0.05, 0) is 6.92 Å².